The van der Waals surface area contributed by atoms with Crippen LogP contribution in [-0.4, -0.2) is 30.0 Å². The Balaban J connectivity index is 1.52. The molecule has 2 heterocycles. The van der Waals surface area contributed by atoms with E-state index in [0.29, 0.717) is 12.1 Å². The third-order valence-corrected chi connectivity index (χ3v) is 4.25. The van der Waals surface area contributed by atoms with E-state index in [0.717, 1.165) is 38.9 Å². The van der Waals surface area contributed by atoms with Gasteiger partial charge in [-0.3, -0.25) is 4.98 Å². The van der Waals surface area contributed by atoms with Crippen LogP contribution in [0.25, 0.3) is 0 Å². The third-order valence-electron chi connectivity index (χ3n) is 4.25. The van der Waals surface area contributed by atoms with Crippen molar-refractivity contribution in [2.24, 2.45) is 0 Å². The fourth-order valence-electron chi connectivity index (χ4n) is 3.11. The van der Waals surface area contributed by atoms with Gasteiger partial charge in [-0.25, -0.2) is 0 Å². The summed E-state index contributed by atoms with van der Waals surface area (Å²) >= 11 is 0. The molecule has 0 bridgehead atoms. The summed E-state index contributed by atoms with van der Waals surface area (Å²) in [5.41, 5.74) is 1.30. The van der Waals surface area contributed by atoms with Gasteiger partial charge in [-0.15, -0.1) is 0 Å². The average Bonchev–Trinajstić information content (AvgIpc) is 2.91. The molecule has 2 aliphatic rings. The van der Waals surface area contributed by atoms with Gasteiger partial charge in [0.25, 0.3) is 0 Å². The Morgan fingerprint density at radius 2 is 1.84 bits per heavy atom. The fourth-order valence-corrected chi connectivity index (χ4v) is 3.11. The van der Waals surface area contributed by atoms with E-state index in [4.69, 9.17) is 9.47 Å². The Hall–Kier alpha value is -0.970. The molecule has 1 N–H and O–H groups in total. The van der Waals surface area contributed by atoms with E-state index in [-0.39, 0.29) is 5.79 Å². The molecule has 3 rings (SSSR count). The molecule has 0 aromatic carbocycles. The van der Waals surface area contributed by atoms with Gasteiger partial charge in [0.05, 0.1) is 13.2 Å². The van der Waals surface area contributed by atoms with Crippen molar-refractivity contribution in [3.8, 4) is 0 Å². The van der Waals surface area contributed by atoms with Crippen molar-refractivity contribution >= 4 is 0 Å². The summed E-state index contributed by atoms with van der Waals surface area (Å²) in [5.74, 6) is -0.252. The monoisotopic (exact) mass is 262 g/mol. The van der Waals surface area contributed by atoms with Crippen molar-refractivity contribution in [1.82, 2.24) is 10.3 Å². The maximum absolute atomic E-state index is 5.76. The van der Waals surface area contributed by atoms with Gasteiger partial charge in [-0.1, -0.05) is 0 Å². The molecule has 0 unspecified atom stereocenters. The number of rotatable bonds is 3. The summed E-state index contributed by atoms with van der Waals surface area (Å²) < 4.78 is 11.5. The second-order valence-corrected chi connectivity index (χ2v) is 5.55. The largest absolute Gasteiger partial charge is 0.348 e. The number of ether oxygens (including phenoxy) is 2. The molecule has 4 nitrogen and oxygen atoms in total. The SMILES string of the molecule is C[C@@H](NC1CCC2(CC1)OCCO2)c1ccncc1. The first kappa shape index (κ1) is 13.0. The van der Waals surface area contributed by atoms with Crippen molar-refractivity contribution in [1.29, 1.82) is 0 Å². The Labute approximate surface area is 114 Å². The molecule has 19 heavy (non-hydrogen) atoms. The van der Waals surface area contributed by atoms with Gasteiger partial charge >= 0.3 is 0 Å². The highest BCUT2D eigenvalue weighted by atomic mass is 16.7. The Morgan fingerprint density at radius 1 is 1.21 bits per heavy atom. The molecule has 1 aliphatic carbocycles. The molecule has 1 atom stereocenters. The number of aromatic nitrogens is 1. The molecule has 1 saturated carbocycles. The molecule has 0 radical (unpaired) electrons. The lowest BCUT2D eigenvalue weighted by atomic mass is 9.89. The van der Waals surface area contributed by atoms with Gasteiger partial charge in [-0.05, 0) is 37.5 Å². The zero-order chi connectivity index (χ0) is 13.1. The second-order valence-electron chi connectivity index (χ2n) is 5.55. The van der Waals surface area contributed by atoms with Crippen LogP contribution in [-0.2, 0) is 9.47 Å². The van der Waals surface area contributed by atoms with Crippen LogP contribution in [0.5, 0.6) is 0 Å². The van der Waals surface area contributed by atoms with Crippen LogP contribution >= 0.6 is 0 Å². The van der Waals surface area contributed by atoms with E-state index in [2.05, 4.69) is 29.4 Å². The summed E-state index contributed by atoms with van der Waals surface area (Å²) in [5, 5.41) is 3.70. The lowest BCUT2D eigenvalue weighted by Gasteiger charge is -2.36. The van der Waals surface area contributed by atoms with Crippen molar-refractivity contribution in [3.05, 3.63) is 30.1 Å². The Morgan fingerprint density at radius 3 is 2.47 bits per heavy atom. The molecule has 0 amide bonds. The van der Waals surface area contributed by atoms with Gasteiger partial charge in [0, 0.05) is 37.3 Å². The lowest BCUT2D eigenvalue weighted by Crippen LogP contribution is -2.42. The number of pyridine rings is 1. The van der Waals surface area contributed by atoms with E-state index < -0.39 is 0 Å². The first-order valence-electron chi connectivity index (χ1n) is 7.21. The molecule has 4 heteroatoms. The minimum absolute atomic E-state index is 0.252. The summed E-state index contributed by atoms with van der Waals surface area (Å²) in [6.45, 7) is 3.72. The lowest BCUT2D eigenvalue weighted by molar-refractivity contribution is -0.179. The number of nitrogens with zero attached hydrogens (tertiary/aromatic N) is 1. The van der Waals surface area contributed by atoms with Crippen LogP contribution in [0.3, 0.4) is 0 Å². The van der Waals surface area contributed by atoms with Gasteiger partial charge in [0.15, 0.2) is 5.79 Å². The minimum atomic E-state index is -0.252. The van der Waals surface area contributed by atoms with Crippen LogP contribution in [0.15, 0.2) is 24.5 Å². The normalized spacial score (nSPS) is 24.7. The van der Waals surface area contributed by atoms with E-state index in [1.807, 2.05) is 12.4 Å². The van der Waals surface area contributed by atoms with Crippen LogP contribution < -0.4 is 5.32 Å². The summed E-state index contributed by atoms with van der Waals surface area (Å²) in [6.07, 6.45) is 7.96. The quantitative estimate of drug-likeness (QED) is 0.908. The van der Waals surface area contributed by atoms with E-state index in [1.54, 1.807) is 0 Å². The van der Waals surface area contributed by atoms with Crippen LogP contribution in [0.1, 0.15) is 44.2 Å². The molecular formula is C15H22N2O2. The standard InChI is InChI=1S/C15H22N2O2/c1-12(13-4-8-16-9-5-13)17-14-2-6-15(7-3-14)18-10-11-19-15/h4-5,8-9,12,14,17H,2-3,6-7,10-11H2,1H3/t12-/m1/s1. The average molecular weight is 262 g/mol. The van der Waals surface area contributed by atoms with Gasteiger partial charge in [0.1, 0.15) is 0 Å². The maximum atomic E-state index is 5.76. The molecular weight excluding hydrogens is 240 g/mol. The van der Waals surface area contributed by atoms with Crippen LogP contribution in [0, 0.1) is 0 Å². The number of hydrogen-bond acceptors (Lipinski definition) is 4. The molecule has 1 aromatic heterocycles. The Kier molecular flexibility index (Phi) is 3.82. The highest BCUT2D eigenvalue weighted by Gasteiger charge is 2.40. The van der Waals surface area contributed by atoms with E-state index >= 15 is 0 Å². The maximum Gasteiger partial charge on any atom is 0.168 e. The molecule has 1 aliphatic heterocycles. The summed E-state index contributed by atoms with van der Waals surface area (Å²) in [7, 11) is 0. The molecule has 1 spiro atoms. The smallest absolute Gasteiger partial charge is 0.168 e. The molecule has 1 aromatic rings. The van der Waals surface area contributed by atoms with Gasteiger partial charge < -0.3 is 14.8 Å². The first-order chi connectivity index (χ1) is 9.27. The number of hydrogen-bond donors (Lipinski definition) is 1. The summed E-state index contributed by atoms with van der Waals surface area (Å²) in [6, 6.07) is 5.07. The highest BCUT2D eigenvalue weighted by Crippen LogP contribution is 2.36. The van der Waals surface area contributed by atoms with Crippen molar-refractivity contribution in [2.75, 3.05) is 13.2 Å². The predicted molar refractivity (Wildman–Crippen MR) is 72.7 cm³/mol. The number of nitrogens with one attached hydrogen (secondary N) is 1. The molecule has 104 valence electrons. The first-order valence-corrected chi connectivity index (χ1v) is 7.21. The van der Waals surface area contributed by atoms with Gasteiger partial charge in [0.2, 0.25) is 0 Å². The topological polar surface area (TPSA) is 43.4 Å². The van der Waals surface area contributed by atoms with E-state index in [9.17, 15) is 0 Å². The Bertz CT molecular complexity index is 394. The van der Waals surface area contributed by atoms with E-state index in [1.165, 1.54) is 5.56 Å². The van der Waals surface area contributed by atoms with Gasteiger partial charge in [-0.2, -0.15) is 0 Å². The zero-order valence-corrected chi connectivity index (χ0v) is 11.5. The minimum Gasteiger partial charge on any atom is -0.348 e. The fraction of sp³-hybridized carbons (Fsp3) is 0.667. The summed E-state index contributed by atoms with van der Waals surface area (Å²) in [4.78, 5) is 4.06. The predicted octanol–water partition coefficient (Wildman–Crippen LogP) is 2.42. The highest BCUT2D eigenvalue weighted by molar-refractivity contribution is 5.14. The second kappa shape index (κ2) is 5.57. The van der Waals surface area contributed by atoms with Crippen LogP contribution in [0.4, 0.5) is 0 Å². The third kappa shape index (κ3) is 2.96. The van der Waals surface area contributed by atoms with Crippen molar-refractivity contribution in [2.45, 2.75) is 50.5 Å². The van der Waals surface area contributed by atoms with Crippen LogP contribution in [0.2, 0.25) is 0 Å². The zero-order valence-electron chi connectivity index (χ0n) is 11.5. The van der Waals surface area contributed by atoms with Crippen molar-refractivity contribution < 1.29 is 9.47 Å². The molecule has 2 fully saturated rings. The van der Waals surface area contributed by atoms with Crippen molar-refractivity contribution in [3.63, 3.8) is 0 Å². The molecule has 1 saturated heterocycles.